The van der Waals surface area contributed by atoms with Crippen molar-refractivity contribution in [1.82, 2.24) is 9.78 Å². The first-order valence-electron chi connectivity index (χ1n) is 5.58. The second-order valence-corrected chi connectivity index (χ2v) is 5.13. The summed E-state index contributed by atoms with van der Waals surface area (Å²) in [6, 6.07) is 1.48. The van der Waals surface area contributed by atoms with E-state index >= 15 is 0 Å². The zero-order valence-electron chi connectivity index (χ0n) is 10.4. The summed E-state index contributed by atoms with van der Waals surface area (Å²) in [5, 5.41) is 12.5. The van der Waals surface area contributed by atoms with Crippen LogP contribution < -0.4 is 0 Å². The number of nitrogens with one attached hydrogen (secondary N) is 1. The molecule has 2 rings (SSSR count). The summed E-state index contributed by atoms with van der Waals surface area (Å²) in [4.78, 5) is 0. The molecule has 0 atom stereocenters. The van der Waals surface area contributed by atoms with Gasteiger partial charge in [-0.3, -0.25) is 9.78 Å². The largest absolute Gasteiger partial charge is 0.389 e. The number of aryl methyl sites for hydroxylation is 1. The molecule has 0 saturated carbocycles. The maximum absolute atomic E-state index is 13.7. The summed E-state index contributed by atoms with van der Waals surface area (Å²) >= 11 is 0. The van der Waals surface area contributed by atoms with E-state index in [4.69, 9.17) is 0 Å². The fourth-order valence-electron chi connectivity index (χ4n) is 2.04. The fourth-order valence-corrected chi connectivity index (χ4v) is 2.04. The third-order valence-corrected chi connectivity index (χ3v) is 2.74. The highest BCUT2D eigenvalue weighted by Gasteiger charge is 2.26. The van der Waals surface area contributed by atoms with Crippen LogP contribution in [0, 0.1) is 12.7 Å². The third kappa shape index (κ3) is 2.12. The molecule has 6 heteroatoms. The van der Waals surface area contributed by atoms with Gasteiger partial charge in [0.2, 0.25) is 0 Å². The van der Waals surface area contributed by atoms with Crippen molar-refractivity contribution in [3.05, 3.63) is 23.0 Å². The van der Waals surface area contributed by atoms with Crippen LogP contribution in [-0.2, 0) is 6.54 Å². The van der Waals surface area contributed by atoms with Crippen molar-refractivity contribution >= 4 is 11.0 Å². The van der Waals surface area contributed by atoms with E-state index in [0.29, 0.717) is 5.52 Å². The Balaban J connectivity index is 2.58. The van der Waals surface area contributed by atoms with Crippen LogP contribution in [0.4, 0.5) is 13.2 Å². The first kappa shape index (κ1) is 13.0. The van der Waals surface area contributed by atoms with E-state index in [1.165, 1.54) is 17.7 Å². The molecule has 0 radical (unpaired) electrons. The van der Waals surface area contributed by atoms with E-state index in [2.05, 4.69) is 5.10 Å². The summed E-state index contributed by atoms with van der Waals surface area (Å²) in [5.41, 5.74) is -0.887. The van der Waals surface area contributed by atoms with Crippen LogP contribution in [-0.4, -0.2) is 20.5 Å². The lowest BCUT2D eigenvalue weighted by atomic mass is 10.1. The summed E-state index contributed by atoms with van der Waals surface area (Å²) in [6.45, 7) is 4.66. The summed E-state index contributed by atoms with van der Waals surface area (Å²) in [7, 11) is 0. The monoisotopic (exact) mass is 260 g/mol. The first-order valence-corrected chi connectivity index (χ1v) is 5.58. The number of benzene rings is 1. The molecule has 0 bridgehead atoms. The highest BCUT2D eigenvalue weighted by molar-refractivity contribution is 5.82. The van der Waals surface area contributed by atoms with Crippen molar-refractivity contribution in [3.63, 3.8) is 0 Å². The summed E-state index contributed by atoms with van der Waals surface area (Å²) in [6.07, 6.45) is -2.88. The molecule has 0 fully saturated rings. The highest BCUT2D eigenvalue weighted by atomic mass is 19.3. The number of aromatic nitrogens is 2. The molecule has 0 aliphatic rings. The molecule has 0 spiro atoms. The molecular weight excluding hydrogens is 245 g/mol. The van der Waals surface area contributed by atoms with Gasteiger partial charge in [0.15, 0.2) is 0 Å². The molecule has 0 saturated heterocycles. The van der Waals surface area contributed by atoms with Crippen LogP contribution in [0.2, 0.25) is 0 Å². The Bertz CT molecular complexity index is 578. The van der Waals surface area contributed by atoms with Crippen LogP contribution >= 0.6 is 0 Å². The number of aliphatic hydroxyl groups is 1. The zero-order chi connectivity index (χ0) is 13.7. The van der Waals surface area contributed by atoms with Gasteiger partial charge < -0.3 is 5.11 Å². The van der Waals surface area contributed by atoms with Crippen LogP contribution in [0.1, 0.15) is 31.4 Å². The number of hydrogen-bond donors (Lipinski definition) is 2. The van der Waals surface area contributed by atoms with Gasteiger partial charge in [-0.05, 0) is 32.4 Å². The average Bonchev–Trinajstić information content (AvgIpc) is 2.19. The predicted octanol–water partition coefficient (Wildman–Crippen LogP) is 3.13. The molecule has 0 unspecified atom stereocenters. The van der Waals surface area contributed by atoms with E-state index in [-0.39, 0.29) is 17.6 Å². The maximum atomic E-state index is 13.7. The maximum Gasteiger partial charge on any atom is 0.268 e. The topological polar surface area (TPSA) is 41.0 Å². The predicted molar refractivity (Wildman–Crippen MR) is 62.2 cm³/mol. The first-order chi connectivity index (χ1) is 8.20. The Hall–Kier alpha value is -1.43. The van der Waals surface area contributed by atoms with Gasteiger partial charge in [-0.15, -0.1) is 0 Å². The lowest BCUT2D eigenvalue weighted by Crippen LogP contribution is -2.30. The Labute approximate surface area is 102 Å². The summed E-state index contributed by atoms with van der Waals surface area (Å²) in [5.74, 6) is -0.883. The van der Waals surface area contributed by atoms with Crippen LogP contribution in [0.25, 0.3) is 11.0 Å². The number of nitrogens with zero attached hydrogens (tertiary/aromatic N) is 1. The van der Waals surface area contributed by atoms with Gasteiger partial charge in [-0.2, -0.15) is 0 Å². The Morgan fingerprint density at radius 2 is 2.06 bits per heavy atom. The van der Waals surface area contributed by atoms with Crippen molar-refractivity contribution in [2.75, 3.05) is 0 Å². The average molecular weight is 260 g/mol. The van der Waals surface area contributed by atoms with E-state index in [1.54, 1.807) is 13.8 Å². The number of fused-ring (bicyclic) bond motifs is 1. The highest BCUT2D eigenvalue weighted by Crippen LogP contribution is 2.33. The molecule has 0 aliphatic carbocycles. The van der Waals surface area contributed by atoms with Gasteiger partial charge in [0.25, 0.3) is 6.43 Å². The van der Waals surface area contributed by atoms with Gasteiger partial charge >= 0.3 is 0 Å². The van der Waals surface area contributed by atoms with Crippen molar-refractivity contribution in [1.29, 1.82) is 0 Å². The number of H-pyrrole nitrogens is 1. The van der Waals surface area contributed by atoms with E-state index in [0.717, 1.165) is 0 Å². The molecule has 1 aromatic heterocycles. The fraction of sp³-hybridized carbons (Fsp3) is 0.500. The number of halogens is 3. The summed E-state index contributed by atoms with van der Waals surface area (Å²) < 4.78 is 40.9. The van der Waals surface area contributed by atoms with Crippen molar-refractivity contribution in [2.45, 2.75) is 39.3 Å². The molecule has 3 nitrogen and oxygen atoms in total. The van der Waals surface area contributed by atoms with Gasteiger partial charge in [0.05, 0.1) is 28.7 Å². The minimum absolute atomic E-state index is 0.0994. The van der Waals surface area contributed by atoms with Crippen LogP contribution in [0.3, 0.4) is 0 Å². The third-order valence-electron chi connectivity index (χ3n) is 2.74. The molecule has 1 heterocycles. The SMILES string of the molecule is Cc1cc2[nH]n(CC(C)(C)O)c2c(C(F)F)c1F. The standard InChI is InChI=1S/C12H15F3N2O/c1-6-4-7-10(8(9(6)13)11(14)15)17(16-7)5-12(2,3)18/h4,11,16,18H,5H2,1-3H3. The van der Waals surface area contributed by atoms with E-state index < -0.39 is 23.4 Å². The van der Waals surface area contributed by atoms with Crippen LogP contribution in [0.15, 0.2) is 6.07 Å². The molecule has 18 heavy (non-hydrogen) atoms. The van der Waals surface area contributed by atoms with Gasteiger partial charge in [0.1, 0.15) is 5.82 Å². The normalized spacial score (nSPS) is 12.9. The molecule has 1 aromatic carbocycles. The molecule has 0 amide bonds. The smallest absolute Gasteiger partial charge is 0.268 e. The number of rotatable bonds is 3. The Morgan fingerprint density at radius 1 is 1.44 bits per heavy atom. The molecule has 2 aromatic rings. The van der Waals surface area contributed by atoms with E-state index in [1.807, 2.05) is 0 Å². The van der Waals surface area contributed by atoms with Crippen molar-refractivity contribution in [3.8, 4) is 0 Å². The number of hydrogen-bond acceptors (Lipinski definition) is 1. The van der Waals surface area contributed by atoms with Crippen molar-refractivity contribution in [2.24, 2.45) is 0 Å². The minimum Gasteiger partial charge on any atom is -0.389 e. The van der Waals surface area contributed by atoms with Gasteiger partial charge in [-0.1, -0.05) is 0 Å². The van der Waals surface area contributed by atoms with Crippen molar-refractivity contribution < 1.29 is 18.3 Å². The molecule has 0 aliphatic heterocycles. The molecule has 100 valence electrons. The lowest BCUT2D eigenvalue weighted by molar-refractivity contribution is 0.0577. The quantitative estimate of drug-likeness (QED) is 0.874. The zero-order valence-corrected chi connectivity index (χ0v) is 10.4. The van der Waals surface area contributed by atoms with Gasteiger partial charge in [-0.25, -0.2) is 13.2 Å². The molecular formula is C12H15F3N2O. The second-order valence-electron chi connectivity index (χ2n) is 5.13. The van der Waals surface area contributed by atoms with Crippen LogP contribution in [0.5, 0.6) is 0 Å². The molecule has 2 N–H and O–H groups in total. The van der Waals surface area contributed by atoms with Gasteiger partial charge in [0, 0.05) is 0 Å². The minimum atomic E-state index is -2.88. The Kier molecular flexibility index (Phi) is 2.93. The second kappa shape index (κ2) is 4.05. The number of alkyl halides is 2. The number of aromatic amines is 1. The Morgan fingerprint density at radius 3 is 2.56 bits per heavy atom. The van der Waals surface area contributed by atoms with E-state index in [9.17, 15) is 18.3 Å². The lowest BCUT2D eigenvalue weighted by Gasteiger charge is -2.26.